The normalized spacial score (nSPS) is 49.3. The number of hydrogen-bond acceptors (Lipinski definition) is 11. The van der Waals surface area contributed by atoms with Crippen LogP contribution in [0, 0.1) is 0 Å². The second-order valence-corrected chi connectivity index (χ2v) is 5.66. The Labute approximate surface area is 135 Å². The summed E-state index contributed by atoms with van der Waals surface area (Å²) in [6.07, 6.45) is -13.9. The van der Waals surface area contributed by atoms with Gasteiger partial charge in [-0.25, -0.2) is 0 Å². The van der Waals surface area contributed by atoms with E-state index >= 15 is 0 Å². The first kappa shape index (κ1) is 19.4. The smallest absolute Gasteiger partial charge is 0.249 e. The quantitative estimate of drug-likeness (QED) is 0.232. The lowest BCUT2D eigenvalue weighted by Gasteiger charge is -2.42. The van der Waals surface area contributed by atoms with Crippen LogP contribution in [-0.2, 0) is 19.0 Å². The molecule has 2 fully saturated rings. The maximum Gasteiger partial charge on any atom is 0.249 e. The lowest BCUT2D eigenvalue weighted by molar-refractivity contribution is -0.378. The van der Waals surface area contributed by atoms with Gasteiger partial charge in [0, 0.05) is 0 Å². The van der Waals surface area contributed by atoms with E-state index in [0.29, 0.717) is 0 Å². The topological polar surface area (TPSA) is 212 Å². The number of ether oxygens (including phenoxy) is 3. The monoisotopic (exact) mass is 355 g/mol. The average Bonchev–Trinajstić information content (AvgIpc) is 2.80. The molecule has 12 nitrogen and oxygen atoms in total. The first-order valence-corrected chi connectivity index (χ1v) is 7.11. The molecule has 0 spiro atoms. The molecular weight excluding hydrogens is 334 g/mol. The SMILES string of the molecule is NC(=O)[C@H]1O[C@@H](O[C@]2(CO)O[C@H](CO)[C@@H](O)[C@@H]2O)[C@H](O)[C@@H](O)[C@@H]1O. The molecule has 0 aromatic rings. The molecule has 140 valence electrons. The van der Waals surface area contributed by atoms with E-state index in [2.05, 4.69) is 0 Å². The lowest BCUT2D eigenvalue weighted by Crippen LogP contribution is -2.64. The van der Waals surface area contributed by atoms with Crippen LogP contribution in [0.15, 0.2) is 0 Å². The Morgan fingerprint density at radius 1 is 1.04 bits per heavy atom. The average molecular weight is 355 g/mol. The summed E-state index contributed by atoms with van der Waals surface area (Å²) in [6, 6.07) is 0. The molecule has 9 N–H and O–H groups in total. The number of aliphatic hydroxyl groups excluding tert-OH is 7. The Hall–Kier alpha value is -0.930. The van der Waals surface area contributed by atoms with Crippen LogP contribution in [0.2, 0.25) is 0 Å². The van der Waals surface area contributed by atoms with Gasteiger partial charge in [-0.2, -0.15) is 0 Å². The Balaban J connectivity index is 2.22. The maximum absolute atomic E-state index is 11.2. The van der Waals surface area contributed by atoms with Gasteiger partial charge in [0.25, 0.3) is 0 Å². The first-order valence-electron chi connectivity index (χ1n) is 7.11. The van der Waals surface area contributed by atoms with E-state index in [1.54, 1.807) is 0 Å². The second-order valence-electron chi connectivity index (χ2n) is 5.66. The fourth-order valence-corrected chi connectivity index (χ4v) is 2.65. The summed E-state index contributed by atoms with van der Waals surface area (Å²) in [5.74, 6) is -3.45. The third-order valence-corrected chi connectivity index (χ3v) is 4.07. The summed E-state index contributed by atoms with van der Waals surface area (Å²) in [7, 11) is 0. The molecule has 0 radical (unpaired) electrons. The number of primary amides is 1. The molecule has 2 aliphatic rings. The summed E-state index contributed by atoms with van der Waals surface area (Å²) in [6.45, 7) is -1.73. The maximum atomic E-state index is 11.2. The first-order chi connectivity index (χ1) is 11.2. The fourth-order valence-electron chi connectivity index (χ4n) is 2.65. The van der Waals surface area contributed by atoms with Crippen LogP contribution in [-0.4, -0.2) is 110 Å². The molecule has 0 aliphatic carbocycles. The van der Waals surface area contributed by atoms with Crippen LogP contribution in [0.25, 0.3) is 0 Å². The molecule has 0 aromatic carbocycles. The van der Waals surface area contributed by atoms with E-state index in [9.17, 15) is 35.4 Å². The van der Waals surface area contributed by atoms with Crippen LogP contribution in [0.3, 0.4) is 0 Å². The molecule has 0 saturated carbocycles. The van der Waals surface area contributed by atoms with Gasteiger partial charge in [-0.05, 0) is 0 Å². The van der Waals surface area contributed by atoms with Crippen molar-refractivity contribution in [3.8, 4) is 0 Å². The minimum atomic E-state index is -2.30. The van der Waals surface area contributed by atoms with Crippen molar-refractivity contribution in [3.05, 3.63) is 0 Å². The van der Waals surface area contributed by atoms with Gasteiger partial charge in [0.15, 0.2) is 12.4 Å². The lowest BCUT2D eigenvalue weighted by atomic mass is 9.98. The minimum absolute atomic E-state index is 0.706. The fraction of sp³-hybridized carbons (Fsp3) is 0.917. The predicted octanol–water partition coefficient (Wildman–Crippen LogP) is -5.90. The van der Waals surface area contributed by atoms with Crippen molar-refractivity contribution in [1.29, 1.82) is 0 Å². The minimum Gasteiger partial charge on any atom is -0.394 e. The summed E-state index contributed by atoms with van der Waals surface area (Å²) in [4.78, 5) is 11.2. The number of nitrogens with two attached hydrogens (primary N) is 1. The number of hydrogen-bond donors (Lipinski definition) is 8. The van der Waals surface area contributed by atoms with Crippen molar-refractivity contribution >= 4 is 5.91 Å². The van der Waals surface area contributed by atoms with Gasteiger partial charge in [0.2, 0.25) is 11.7 Å². The molecule has 9 atom stereocenters. The van der Waals surface area contributed by atoms with Crippen LogP contribution < -0.4 is 5.73 Å². The molecule has 12 heteroatoms. The summed E-state index contributed by atoms with van der Waals surface area (Å²) in [5.41, 5.74) is 5.02. The van der Waals surface area contributed by atoms with E-state index in [1.807, 2.05) is 0 Å². The van der Waals surface area contributed by atoms with E-state index in [0.717, 1.165) is 0 Å². The zero-order valence-electron chi connectivity index (χ0n) is 12.4. The van der Waals surface area contributed by atoms with Gasteiger partial charge in [0.1, 0.15) is 43.2 Å². The van der Waals surface area contributed by atoms with Crippen molar-refractivity contribution in [3.63, 3.8) is 0 Å². The molecule has 2 saturated heterocycles. The van der Waals surface area contributed by atoms with Crippen molar-refractivity contribution in [2.75, 3.05) is 13.2 Å². The summed E-state index contributed by atoms with van der Waals surface area (Å²) in [5, 5.41) is 67.7. The highest BCUT2D eigenvalue weighted by atomic mass is 16.8. The van der Waals surface area contributed by atoms with Crippen molar-refractivity contribution in [2.24, 2.45) is 5.73 Å². The molecule has 2 heterocycles. The second kappa shape index (κ2) is 7.13. The molecule has 0 unspecified atom stereocenters. The molecule has 2 rings (SSSR count). The summed E-state index contributed by atoms with van der Waals surface area (Å²) >= 11 is 0. The Bertz CT molecular complexity index is 464. The number of carbonyl (C=O) groups is 1. The highest BCUT2D eigenvalue weighted by molar-refractivity contribution is 5.79. The Morgan fingerprint density at radius 3 is 2.12 bits per heavy atom. The predicted molar refractivity (Wildman–Crippen MR) is 70.8 cm³/mol. The van der Waals surface area contributed by atoms with Crippen molar-refractivity contribution in [2.45, 2.75) is 54.8 Å². The van der Waals surface area contributed by atoms with Crippen LogP contribution in [0.5, 0.6) is 0 Å². The van der Waals surface area contributed by atoms with Crippen LogP contribution >= 0.6 is 0 Å². The zero-order valence-corrected chi connectivity index (χ0v) is 12.4. The zero-order chi connectivity index (χ0) is 18.2. The Kier molecular flexibility index (Phi) is 5.76. The van der Waals surface area contributed by atoms with E-state index in [1.165, 1.54) is 0 Å². The molecule has 24 heavy (non-hydrogen) atoms. The molecule has 1 amide bonds. The van der Waals surface area contributed by atoms with Crippen LogP contribution in [0.1, 0.15) is 0 Å². The third kappa shape index (κ3) is 3.13. The van der Waals surface area contributed by atoms with Gasteiger partial charge < -0.3 is 55.7 Å². The third-order valence-electron chi connectivity index (χ3n) is 4.07. The van der Waals surface area contributed by atoms with Gasteiger partial charge in [-0.1, -0.05) is 0 Å². The number of amides is 1. The number of aliphatic hydroxyl groups is 7. The molecule has 2 aliphatic heterocycles. The van der Waals surface area contributed by atoms with E-state index in [4.69, 9.17) is 25.1 Å². The van der Waals surface area contributed by atoms with Crippen LogP contribution in [0.4, 0.5) is 0 Å². The summed E-state index contributed by atoms with van der Waals surface area (Å²) < 4.78 is 15.3. The molecular formula is C12H21NO11. The largest absolute Gasteiger partial charge is 0.394 e. The number of carbonyl (C=O) groups excluding carboxylic acids is 1. The standard InChI is InChI=1S/C12H21NO11/c13-10(21)8-6(18)5(17)7(19)11(22-8)24-12(2-15)9(20)4(16)3(1-14)23-12/h3-9,11,14-20H,1-2H2,(H2,13,21)/t3-,4-,5+,6+,7-,8+,9+,11+,12+/m1/s1. The van der Waals surface area contributed by atoms with Gasteiger partial charge in [-0.15, -0.1) is 0 Å². The highest BCUT2D eigenvalue weighted by Gasteiger charge is 2.58. The van der Waals surface area contributed by atoms with E-state index in [-0.39, 0.29) is 0 Å². The Morgan fingerprint density at radius 2 is 1.67 bits per heavy atom. The van der Waals surface area contributed by atoms with Gasteiger partial charge >= 0.3 is 0 Å². The van der Waals surface area contributed by atoms with Gasteiger partial charge in [-0.3, -0.25) is 4.79 Å². The molecule has 0 bridgehead atoms. The molecule has 0 aromatic heterocycles. The number of rotatable bonds is 5. The highest BCUT2D eigenvalue weighted by Crippen LogP contribution is 2.35. The van der Waals surface area contributed by atoms with E-state index < -0.39 is 73.9 Å². The van der Waals surface area contributed by atoms with Crippen molar-refractivity contribution in [1.82, 2.24) is 0 Å². The van der Waals surface area contributed by atoms with Crippen molar-refractivity contribution < 1.29 is 54.8 Å². The van der Waals surface area contributed by atoms with Gasteiger partial charge in [0.05, 0.1) is 6.61 Å².